The summed E-state index contributed by atoms with van der Waals surface area (Å²) >= 11 is 0. The lowest BCUT2D eigenvalue weighted by atomic mass is 9.55. The first kappa shape index (κ1) is 19.5. The highest BCUT2D eigenvalue weighted by Gasteiger charge is 2.53. The van der Waals surface area contributed by atoms with Gasteiger partial charge < -0.3 is 5.11 Å². The summed E-state index contributed by atoms with van der Waals surface area (Å²) in [7, 11) is 1.97. The van der Waals surface area contributed by atoms with Gasteiger partial charge in [-0.05, 0) is 93.4 Å². The molecule has 3 aliphatic rings. The van der Waals surface area contributed by atoms with Crippen LogP contribution < -0.4 is 0 Å². The largest absolute Gasteiger partial charge is 0.508 e. The second-order valence-corrected chi connectivity index (χ2v) is 9.79. The van der Waals surface area contributed by atoms with Crippen molar-refractivity contribution in [1.82, 2.24) is 9.78 Å². The van der Waals surface area contributed by atoms with Gasteiger partial charge >= 0.3 is 0 Å². The van der Waals surface area contributed by atoms with Gasteiger partial charge in [0.25, 0.3) is 0 Å². The minimum atomic E-state index is 0.173. The maximum atomic E-state index is 9.88. The zero-order chi connectivity index (χ0) is 21.0. The van der Waals surface area contributed by atoms with E-state index < -0.39 is 0 Å². The molecule has 4 atom stereocenters. The Morgan fingerprint density at radius 3 is 2.80 bits per heavy atom. The molecule has 0 bridgehead atoms. The van der Waals surface area contributed by atoms with Crippen LogP contribution in [0.3, 0.4) is 0 Å². The van der Waals surface area contributed by atoms with Crippen LogP contribution in [-0.4, -0.2) is 26.8 Å². The van der Waals surface area contributed by atoms with Crippen molar-refractivity contribution in [2.75, 3.05) is 0 Å². The van der Waals surface area contributed by atoms with E-state index >= 15 is 0 Å². The number of hydrogen-bond acceptors (Lipinski definition) is 4. The van der Waals surface area contributed by atoms with Gasteiger partial charge in [-0.1, -0.05) is 13.0 Å². The highest BCUT2D eigenvalue weighted by molar-refractivity contribution is 5.93. The Morgan fingerprint density at radius 2 is 2.03 bits per heavy atom. The summed E-state index contributed by atoms with van der Waals surface area (Å²) in [5, 5.41) is 23.6. The van der Waals surface area contributed by atoms with Crippen LogP contribution >= 0.6 is 0 Å². The second kappa shape index (κ2) is 7.07. The Hall–Kier alpha value is -2.43. The summed E-state index contributed by atoms with van der Waals surface area (Å²) in [6.45, 7) is 6.53. The Morgan fingerprint density at radius 1 is 1.20 bits per heavy atom. The first-order valence-electron chi connectivity index (χ1n) is 11.3. The van der Waals surface area contributed by atoms with Crippen LogP contribution in [0.25, 0.3) is 0 Å². The SMILES string of the molecule is Cc1nn(C)c(C)c1/C=N\N=C1\CC[C@@H]2[C@@H]3CCc4cc(O)ccc4[C@@H]3CC[C@@]12C. The van der Waals surface area contributed by atoms with Gasteiger partial charge in [0.2, 0.25) is 0 Å². The molecular formula is C25H32N4O. The predicted molar refractivity (Wildman–Crippen MR) is 120 cm³/mol. The molecule has 5 nitrogen and oxygen atoms in total. The summed E-state index contributed by atoms with van der Waals surface area (Å²) in [5.74, 6) is 2.45. The summed E-state index contributed by atoms with van der Waals surface area (Å²) in [6, 6.07) is 6.03. The van der Waals surface area contributed by atoms with Gasteiger partial charge in [-0.15, -0.1) is 0 Å². The third-order valence-corrected chi connectivity index (χ3v) is 8.38. The van der Waals surface area contributed by atoms with E-state index in [4.69, 9.17) is 5.10 Å². The molecule has 1 heterocycles. The molecule has 0 amide bonds. The molecule has 1 aromatic carbocycles. The average molecular weight is 405 g/mol. The lowest BCUT2D eigenvalue weighted by Gasteiger charge is -2.49. The lowest BCUT2D eigenvalue weighted by molar-refractivity contribution is 0.0955. The third kappa shape index (κ3) is 2.93. The zero-order valence-electron chi connectivity index (χ0n) is 18.5. The quantitative estimate of drug-likeness (QED) is 0.561. The van der Waals surface area contributed by atoms with E-state index in [9.17, 15) is 5.11 Å². The van der Waals surface area contributed by atoms with Crippen LogP contribution in [0, 0.1) is 31.1 Å². The van der Waals surface area contributed by atoms with Crippen LogP contribution in [0.15, 0.2) is 28.4 Å². The highest BCUT2D eigenvalue weighted by Crippen LogP contribution is 2.60. The number of nitrogens with zero attached hydrogens (tertiary/aromatic N) is 4. The number of fused-ring (bicyclic) bond motifs is 5. The van der Waals surface area contributed by atoms with Gasteiger partial charge in [0.05, 0.1) is 11.9 Å². The molecule has 2 aromatic rings. The number of aromatic hydroxyl groups is 1. The molecule has 1 aromatic heterocycles. The monoisotopic (exact) mass is 404 g/mol. The molecule has 3 aliphatic carbocycles. The third-order valence-electron chi connectivity index (χ3n) is 8.38. The maximum absolute atomic E-state index is 9.88. The van der Waals surface area contributed by atoms with E-state index in [0.717, 1.165) is 35.7 Å². The fourth-order valence-corrected chi connectivity index (χ4v) is 6.65. The standard InChI is InChI=1S/C25H32N4O/c1-15-22(16(2)29(4)28-15)14-26-27-24-10-9-23-21-7-5-17-13-18(30)6-8-19(17)20(21)11-12-25(23,24)3/h6,8,13-14,20-21,23,30H,5,7,9-12H2,1-4H3/b26-14-,27-24-/t20-,21+,23+,25+/m0/s1. The lowest BCUT2D eigenvalue weighted by Crippen LogP contribution is -2.42. The van der Waals surface area contributed by atoms with Gasteiger partial charge in [0.15, 0.2) is 0 Å². The molecule has 0 spiro atoms. The topological polar surface area (TPSA) is 62.8 Å². The zero-order valence-corrected chi connectivity index (χ0v) is 18.5. The number of benzene rings is 1. The summed E-state index contributed by atoms with van der Waals surface area (Å²) in [6.07, 6.45) is 8.88. The van der Waals surface area contributed by atoms with Crippen molar-refractivity contribution in [3.05, 3.63) is 46.3 Å². The molecule has 0 radical (unpaired) electrons. The molecule has 2 fully saturated rings. The number of aryl methyl sites for hydroxylation is 3. The molecule has 0 aliphatic heterocycles. The number of phenols is 1. The molecule has 0 unspecified atom stereocenters. The fraction of sp³-hybridized carbons (Fsp3) is 0.560. The number of hydrogen-bond donors (Lipinski definition) is 1. The van der Waals surface area contributed by atoms with E-state index in [1.54, 1.807) is 0 Å². The van der Waals surface area contributed by atoms with Crippen molar-refractivity contribution in [1.29, 1.82) is 0 Å². The predicted octanol–water partition coefficient (Wildman–Crippen LogP) is 5.07. The van der Waals surface area contributed by atoms with Gasteiger partial charge in [0.1, 0.15) is 5.75 Å². The Bertz CT molecular complexity index is 1050. The molecule has 158 valence electrons. The normalized spacial score (nSPS) is 31.7. The minimum Gasteiger partial charge on any atom is -0.508 e. The van der Waals surface area contributed by atoms with E-state index in [1.807, 2.05) is 37.0 Å². The molecule has 1 N–H and O–H groups in total. The fourth-order valence-electron chi connectivity index (χ4n) is 6.65. The van der Waals surface area contributed by atoms with Crippen molar-refractivity contribution in [2.24, 2.45) is 34.5 Å². The smallest absolute Gasteiger partial charge is 0.115 e. The molecule has 30 heavy (non-hydrogen) atoms. The van der Waals surface area contributed by atoms with Crippen molar-refractivity contribution >= 4 is 11.9 Å². The van der Waals surface area contributed by atoms with Crippen LogP contribution in [0.1, 0.15) is 73.0 Å². The number of rotatable bonds is 2. The van der Waals surface area contributed by atoms with E-state index in [1.165, 1.54) is 42.5 Å². The van der Waals surface area contributed by atoms with Crippen LogP contribution in [0.5, 0.6) is 5.75 Å². The molecule has 0 saturated heterocycles. The van der Waals surface area contributed by atoms with Crippen LogP contribution in [-0.2, 0) is 13.5 Å². The number of aromatic nitrogens is 2. The van der Waals surface area contributed by atoms with E-state index in [-0.39, 0.29) is 5.41 Å². The first-order chi connectivity index (χ1) is 14.4. The van der Waals surface area contributed by atoms with Gasteiger partial charge in [-0.25, -0.2) is 0 Å². The highest BCUT2D eigenvalue weighted by atomic mass is 16.3. The van der Waals surface area contributed by atoms with Crippen LogP contribution in [0.4, 0.5) is 0 Å². The van der Waals surface area contributed by atoms with Crippen molar-refractivity contribution in [3.8, 4) is 5.75 Å². The molecule has 5 heteroatoms. The number of phenolic OH excluding ortho intramolecular Hbond substituents is 1. The van der Waals surface area contributed by atoms with Crippen molar-refractivity contribution in [2.45, 2.75) is 65.2 Å². The average Bonchev–Trinajstić information content (AvgIpc) is 3.18. The molecule has 5 rings (SSSR count). The van der Waals surface area contributed by atoms with Gasteiger partial charge in [-0.2, -0.15) is 15.3 Å². The Balaban J connectivity index is 1.39. The Kier molecular flexibility index (Phi) is 4.60. The van der Waals surface area contributed by atoms with Gasteiger partial charge in [0, 0.05) is 29.4 Å². The Labute approximate surface area is 178 Å². The molecular weight excluding hydrogens is 372 g/mol. The van der Waals surface area contributed by atoms with E-state index in [0.29, 0.717) is 17.6 Å². The second-order valence-electron chi connectivity index (χ2n) is 9.79. The van der Waals surface area contributed by atoms with Crippen molar-refractivity contribution in [3.63, 3.8) is 0 Å². The molecule has 2 saturated carbocycles. The minimum absolute atomic E-state index is 0.173. The first-order valence-corrected chi connectivity index (χ1v) is 11.3. The van der Waals surface area contributed by atoms with Gasteiger partial charge in [-0.3, -0.25) is 4.68 Å². The summed E-state index contributed by atoms with van der Waals surface area (Å²) in [5.41, 5.74) is 7.51. The summed E-state index contributed by atoms with van der Waals surface area (Å²) < 4.78 is 1.90. The maximum Gasteiger partial charge on any atom is 0.115 e. The van der Waals surface area contributed by atoms with Crippen LogP contribution in [0.2, 0.25) is 0 Å². The summed E-state index contributed by atoms with van der Waals surface area (Å²) in [4.78, 5) is 0. The van der Waals surface area contributed by atoms with Crippen molar-refractivity contribution < 1.29 is 5.11 Å². The van der Waals surface area contributed by atoms with E-state index in [2.05, 4.69) is 30.1 Å².